The predicted molar refractivity (Wildman–Crippen MR) is 215 cm³/mol. The Morgan fingerprint density at radius 1 is 0.308 bits per heavy atom. The van der Waals surface area contributed by atoms with E-state index >= 15 is 0 Å². The fraction of sp³-hybridized carbons (Fsp3) is 0. The van der Waals surface area contributed by atoms with Gasteiger partial charge in [0.15, 0.2) is 5.82 Å². The van der Waals surface area contributed by atoms with Crippen molar-refractivity contribution in [2.24, 2.45) is 0 Å². The van der Waals surface area contributed by atoms with Crippen molar-refractivity contribution < 1.29 is 0 Å². The second kappa shape index (κ2) is 12.4. The third kappa shape index (κ3) is 5.09. The topological polar surface area (TPSA) is 51.6 Å². The van der Waals surface area contributed by atoms with E-state index in [1.165, 1.54) is 37.7 Å². The molecule has 3 heterocycles. The molecule has 10 aromatic rings. The average Bonchev–Trinajstić information content (AvgIpc) is 3.24. The molecule has 4 nitrogen and oxygen atoms in total. The number of hydrogen-bond donors (Lipinski definition) is 0. The Balaban J connectivity index is 1.11. The molecule has 0 N–H and O–H groups in total. The Morgan fingerprint density at radius 2 is 0.904 bits per heavy atom. The molecule has 0 amide bonds. The summed E-state index contributed by atoms with van der Waals surface area (Å²) in [5.74, 6) is 0.672. The summed E-state index contributed by atoms with van der Waals surface area (Å²) in [6.45, 7) is 0. The Bertz CT molecular complexity index is 2880. The molecule has 242 valence electrons. The maximum atomic E-state index is 5.37. The zero-order chi connectivity index (χ0) is 34.4. The van der Waals surface area contributed by atoms with Crippen molar-refractivity contribution in [3.05, 3.63) is 182 Å². The Hall–Kier alpha value is -7.04. The fourth-order valence-electron chi connectivity index (χ4n) is 7.47. The number of nitrogens with zero attached hydrogens (tertiary/aromatic N) is 4. The first-order valence-corrected chi connectivity index (χ1v) is 17.5. The highest BCUT2D eigenvalue weighted by molar-refractivity contribution is 6.33. The van der Waals surface area contributed by atoms with Gasteiger partial charge in [-0.1, -0.05) is 146 Å². The number of pyridine rings is 2. The molecule has 0 radical (unpaired) electrons. The highest BCUT2D eigenvalue weighted by Gasteiger charge is 2.18. The molecular formula is C48H30N4. The molecule has 0 unspecified atom stereocenters. The van der Waals surface area contributed by atoms with Gasteiger partial charge in [-0.25, -0.2) is 15.0 Å². The van der Waals surface area contributed by atoms with Crippen LogP contribution in [0.5, 0.6) is 0 Å². The molecule has 0 aliphatic heterocycles. The lowest BCUT2D eigenvalue weighted by Gasteiger charge is -2.16. The molecule has 0 fully saturated rings. The molecule has 0 aliphatic carbocycles. The smallest absolute Gasteiger partial charge is 0.160 e. The van der Waals surface area contributed by atoms with Crippen LogP contribution in [-0.2, 0) is 0 Å². The summed E-state index contributed by atoms with van der Waals surface area (Å²) in [6, 6.07) is 61.4. The zero-order valence-electron chi connectivity index (χ0n) is 28.1. The number of benzene rings is 7. The molecule has 0 atom stereocenters. The quantitative estimate of drug-likeness (QED) is 0.172. The summed E-state index contributed by atoms with van der Waals surface area (Å²) >= 11 is 0. The van der Waals surface area contributed by atoms with E-state index in [-0.39, 0.29) is 0 Å². The van der Waals surface area contributed by atoms with Gasteiger partial charge < -0.3 is 0 Å². The van der Waals surface area contributed by atoms with Crippen LogP contribution in [0.2, 0.25) is 0 Å². The lowest BCUT2D eigenvalue weighted by molar-refractivity contribution is 1.16. The molecule has 0 spiro atoms. The van der Waals surface area contributed by atoms with Crippen LogP contribution in [0.1, 0.15) is 0 Å². The van der Waals surface area contributed by atoms with Crippen LogP contribution >= 0.6 is 0 Å². The minimum Gasteiger partial charge on any atom is -0.255 e. The molecule has 0 aliphatic rings. The van der Waals surface area contributed by atoms with Gasteiger partial charge in [0.2, 0.25) is 0 Å². The third-order valence-corrected chi connectivity index (χ3v) is 9.91. The van der Waals surface area contributed by atoms with E-state index < -0.39 is 0 Å². The maximum absolute atomic E-state index is 5.37. The first-order valence-electron chi connectivity index (χ1n) is 17.5. The van der Waals surface area contributed by atoms with Crippen molar-refractivity contribution >= 4 is 43.2 Å². The lowest BCUT2D eigenvalue weighted by Crippen LogP contribution is -1.96. The van der Waals surface area contributed by atoms with Crippen molar-refractivity contribution in [1.82, 2.24) is 19.9 Å². The van der Waals surface area contributed by atoms with Crippen molar-refractivity contribution in [3.8, 4) is 56.4 Å². The highest BCUT2D eigenvalue weighted by Crippen LogP contribution is 2.43. The van der Waals surface area contributed by atoms with Gasteiger partial charge in [0.1, 0.15) is 0 Å². The Kier molecular flexibility index (Phi) is 7.10. The molecule has 3 aromatic heterocycles. The first-order chi connectivity index (χ1) is 25.8. The van der Waals surface area contributed by atoms with E-state index in [9.17, 15) is 0 Å². The fourth-order valence-corrected chi connectivity index (χ4v) is 7.47. The molecule has 0 saturated carbocycles. The number of fused-ring (bicyclic) bond motifs is 8. The average molecular weight is 663 g/mol. The van der Waals surface area contributed by atoms with Gasteiger partial charge >= 0.3 is 0 Å². The number of aromatic nitrogens is 4. The predicted octanol–water partition coefficient (Wildman–Crippen LogP) is 12.2. The van der Waals surface area contributed by atoms with Gasteiger partial charge in [0.25, 0.3) is 0 Å². The van der Waals surface area contributed by atoms with E-state index in [2.05, 4.69) is 126 Å². The van der Waals surface area contributed by atoms with Crippen molar-refractivity contribution in [2.45, 2.75) is 0 Å². The van der Waals surface area contributed by atoms with Crippen molar-refractivity contribution in [3.63, 3.8) is 0 Å². The second-order valence-corrected chi connectivity index (χ2v) is 13.0. The maximum Gasteiger partial charge on any atom is 0.160 e. The van der Waals surface area contributed by atoms with E-state index in [1.54, 1.807) is 6.20 Å². The molecule has 0 saturated heterocycles. The molecule has 10 rings (SSSR count). The van der Waals surface area contributed by atoms with Crippen molar-refractivity contribution in [2.75, 3.05) is 0 Å². The molecule has 4 heteroatoms. The normalized spacial score (nSPS) is 11.5. The zero-order valence-corrected chi connectivity index (χ0v) is 28.1. The van der Waals surface area contributed by atoms with Crippen LogP contribution in [-0.4, -0.2) is 19.9 Å². The molecule has 52 heavy (non-hydrogen) atoms. The van der Waals surface area contributed by atoms with Crippen molar-refractivity contribution in [1.29, 1.82) is 0 Å². The van der Waals surface area contributed by atoms with E-state index in [1.807, 2.05) is 54.6 Å². The van der Waals surface area contributed by atoms with E-state index in [0.29, 0.717) is 5.82 Å². The van der Waals surface area contributed by atoms with Gasteiger partial charge in [-0.2, -0.15) is 0 Å². The molecule has 0 bridgehead atoms. The second-order valence-electron chi connectivity index (χ2n) is 13.0. The van der Waals surface area contributed by atoms with E-state index in [0.717, 1.165) is 56.1 Å². The third-order valence-electron chi connectivity index (χ3n) is 9.91. The first kappa shape index (κ1) is 29.8. The standard InChI is InChI=1S/C48H30N4/c1-2-13-33(14-3-1)48-51-43(30-44(52-48)42-23-10-11-28-49-42)32-26-24-31(25-27-32)34-15-12-16-35(29-34)47-46-39-20-7-5-18-37(39)36-17-4-6-19-38(36)45(46)40-21-8-9-22-41(40)50-47/h1-30H. The van der Waals surface area contributed by atoms with Gasteiger partial charge in [-0.05, 0) is 63.0 Å². The summed E-state index contributed by atoms with van der Waals surface area (Å²) in [5, 5.41) is 8.55. The lowest BCUT2D eigenvalue weighted by atomic mass is 9.89. The van der Waals surface area contributed by atoms with Gasteiger partial charge in [0, 0.05) is 39.0 Å². The van der Waals surface area contributed by atoms with Crippen LogP contribution in [0.15, 0.2) is 182 Å². The largest absolute Gasteiger partial charge is 0.255 e. The number of rotatable bonds is 5. The summed E-state index contributed by atoms with van der Waals surface area (Å²) in [5.41, 5.74) is 9.73. The highest BCUT2D eigenvalue weighted by atomic mass is 14.9. The minimum atomic E-state index is 0.672. The number of hydrogen-bond acceptors (Lipinski definition) is 4. The molecule has 7 aromatic carbocycles. The Labute approximate surface area is 300 Å². The van der Waals surface area contributed by atoms with E-state index in [4.69, 9.17) is 15.0 Å². The SMILES string of the molecule is c1ccc(-c2nc(-c3ccc(-c4cccc(-c5nc6ccccc6c6c7ccccc7c7ccccc7c56)c4)cc3)cc(-c3ccccn3)n2)cc1. The monoisotopic (exact) mass is 662 g/mol. The number of para-hydroxylation sites is 1. The van der Waals surface area contributed by atoms with Crippen LogP contribution in [0, 0.1) is 0 Å². The Morgan fingerprint density at radius 3 is 1.65 bits per heavy atom. The summed E-state index contributed by atoms with van der Waals surface area (Å²) in [7, 11) is 0. The van der Waals surface area contributed by atoms with Crippen LogP contribution in [0.25, 0.3) is 99.6 Å². The van der Waals surface area contributed by atoms with Crippen LogP contribution < -0.4 is 0 Å². The summed E-state index contributed by atoms with van der Waals surface area (Å²) < 4.78 is 0. The molecular weight excluding hydrogens is 633 g/mol. The van der Waals surface area contributed by atoms with Crippen LogP contribution in [0.4, 0.5) is 0 Å². The van der Waals surface area contributed by atoms with Crippen LogP contribution in [0.3, 0.4) is 0 Å². The van der Waals surface area contributed by atoms with Gasteiger partial charge in [-0.15, -0.1) is 0 Å². The summed E-state index contributed by atoms with van der Waals surface area (Å²) in [6.07, 6.45) is 1.79. The van der Waals surface area contributed by atoms with Gasteiger partial charge in [-0.3, -0.25) is 4.98 Å². The summed E-state index contributed by atoms with van der Waals surface area (Å²) in [4.78, 5) is 19.9. The van der Waals surface area contributed by atoms with Gasteiger partial charge in [0.05, 0.1) is 28.3 Å². The minimum absolute atomic E-state index is 0.672.